The Kier molecular flexibility index (Phi) is 13.1. The second-order valence-electron chi connectivity index (χ2n) is 15.5. The molecule has 27 nitrogen and oxygen atoms in total. The summed E-state index contributed by atoms with van der Waals surface area (Å²) in [6, 6.07) is 2.19. The summed E-state index contributed by atoms with van der Waals surface area (Å²) in [5, 5.41) is 125. The summed E-state index contributed by atoms with van der Waals surface area (Å²) in [5.74, 6) is -3.09. The SMILES string of the molecule is COc1c(O)cc2c(=O)oc3c(OC)c(OC4OC(COC5OCC(OC6OCC(OC7OC(C(=O)O)C(O)C(O)C7O)C(O)C6O)C(O)C5O)C(O)C(O)C4O)cc4c(=O)oc1c2c34. The number of phenolic OH excluding ortho intramolecular Hbond substituents is 1. The van der Waals surface area contributed by atoms with E-state index >= 15 is 0 Å². The molecule has 27 heteroatoms. The smallest absolute Gasteiger partial charge is 0.344 e. The third-order valence-corrected chi connectivity index (χ3v) is 11.5. The van der Waals surface area contributed by atoms with Gasteiger partial charge in [-0.2, -0.15) is 0 Å². The molecule has 0 amide bonds. The molecule has 18 atom stereocenters. The van der Waals surface area contributed by atoms with Crippen molar-refractivity contribution < 1.29 is 122 Å². The molecule has 4 aromatic rings. The predicted molar refractivity (Wildman–Crippen MR) is 203 cm³/mol. The summed E-state index contributed by atoms with van der Waals surface area (Å²) in [4.78, 5) is 37.9. The van der Waals surface area contributed by atoms with E-state index in [1.807, 2.05) is 0 Å². The van der Waals surface area contributed by atoms with Crippen molar-refractivity contribution >= 4 is 38.7 Å². The van der Waals surface area contributed by atoms with Crippen molar-refractivity contribution in [3.63, 3.8) is 0 Å². The summed E-state index contributed by atoms with van der Waals surface area (Å²) in [6.45, 7) is -1.83. The Morgan fingerprint density at radius 3 is 1.72 bits per heavy atom. The monoisotopic (exact) mass is 932 g/mol. The van der Waals surface area contributed by atoms with Gasteiger partial charge in [-0.3, -0.25) is 0 Å². The minimum absolute atomic E-state index is 0.0231. The molecule has 65 heavy (non-hydrogen) atoms. The van der Waals surface area contributed by atoms with Gasteiger partial charge in [0.25, 0.3) is 0 Å². The second kappa shape index (κ2) is 18.2. The molecule has 0 aliphatic carbocycles. The first kappa shape index (κ1) is 46.9. The van der Waals surface area contributed by atoms with Gasteiger partial charge in [-0.05, 0) is 12.1 Å². The Labute approximate surface area is 361 Å². The lowest BCUT2D eigenvalue weighted by molar-refractivity contribution is -0.355. The standard InChI is InChI=1S/C38H44O27/c1-54-27-10(39)3-8-15-16-9(34(53)63-29(15)27)4-11(28(55-2)30(16)64-33(8)52)59-37-25(48)20(43)17(40)12(61-37)5-56-35-23(46)18(41)13(6-57-35)60-36-24(47)19(42)14(7-58-36)62-38-26(49)21(44)22(45)31(65-38)32(50)51/h3-4,12-14,17-26,31,35-49H,5-7H2,1-2H3,(H,50,51). The minimum Gasteiger partial charge on any atom is -0.504 e. The van der Waals surface area contributed by atoms with Crippen molar-refractivity contribution in [2.24, 2.45) is 0 Å². The van der Waals surface area contributed by atoms with Gasteiger partial charge in [0.15, 0.2) is 47.6 Å². The van der Waals surface area contributed by atoms with E-state index in [1.165, 1.54) is 14.2 Å². The lowest BCUT2D eigenvalue weighted by Crippen LogP contribution is -2.63. The van der Waals surface area contributed by atoms with E-state index < -0.39 is 153 Å². The van der Waals surface area contributed by atoms with Crippen LogP contribution in [0.2, 0.25) is 0 Å². The number of aliphatic hydroxyl groups is 10. The second-order valence-corrected chi connectivity index (χ2v) is 15.5. The fourth-order valence-electron chi connectivity index (χ4n) is 8.05. The highest BCUT2D eigenvalue weighted by atomic mass is 16.8. The third kappa shape index (κ3) is 8.20. The average molecular weight is 933 g/mol. The highest BCUT2D eigenvalue weighted by molar-refractivity contribution is 6.22. The lowest BCUT2D eigenvalue weighted by atomic mass is 9.98. The molecule has 18 unspecified atom stereocenters. The molecule has 8 rings (SSSR count). The fourth-order valence-corrected chi connectivity index (χ4v) is 8.05. The zero-order valence-electron chi connectivity index (χ0n) is 33.7. The molecule has 4 fully saturated rings. The molecule has 0 saturated carbocycles. The van der Waals surface area contributed by atoms with Crippen molar-refractivity contribution in [1.82, 2.24) is 0 Å². The van der Waals surface area contributed by atoms with Crippen LogP contribution >= 0.6 is 0 Å². The van der Waals surface area contributed by atoms with Gasteiger partial charge >= 0.3 is 17.2 Å². The maximum absolute atomic E-state index is 13.3. The van der Waals surface area contributed by atoms with Crippen LogP contribution in [-0.4, -0.2) is 212 Å². The number of rotatable bonds is 12. The topological polar surface area (TPSA) is 413 Å². The zero-order valence-corrected chi connectivity index (χ0v) is 33.7. The van der Waals surface area contributed by atoms with E-state index in [9.17, 15) is 75.7 Å². The minimum atomic E-state index is -2.01. The Bertz CT molecular complexity index is 2470. The number of aliphatic carboxylic acids is 1. The molecule has 2 aromatic heterocycles. The molecule has 2 aromatic carbocycles. The van der Waals surface area contributed by atoms with E-state index in [2.05, 4.69) is 0 Å². The maximum atomic E-state index is 13.3. The molecule has 12 N–H and O–H groups in total. The van der Waals surface area contributed by atoms with Gasteiger partial charge in [0.2, 0.25) is 17.8 Å². The van der Waals surface area contributed by atoms with Gasteiger partial charge in [0.1, 0.15) is 79.4 Å². The average Bonchev–Trinajstić information content (AvgIpc) is 3.27. The molecule has 0 spiro atoms. The van der Waals surface area contributed by atoms with Gasteiger partial charge in [0.05, 0.1) is 44.8 Å². The number of aliphatic hydroxyl groups excluding tert-OH is 10. The van der Waals surface area contributed by atoms with Crippen LogP contribution in [0.15, 0.2) is 30.6 Å². The van der Waals surface area contributed by atoms with Crippen LogP contribution in [0.5, 0.6) is 23.0 Å². The number of ether oxygens (including phenoxy) is 10. The fraction of sp³-hybridized carbons (Fsp3) is 0.605. The van der Waals surface area contributed by atoms with Crippen LogP contribution in [0, 0.1) is 0 Å². The molecule has 4 aliphatic heterocycles. The number of carbonyl (C=O) groups is 1. The van der Waals surface area contributed by atoms with E-state index in [4.69, 9.17) is 56.2 Å². The number of hydrogen-bond acceptors (Lipinski definition) is 26. The Morgan fingerprint density at radius 1 is 0.615 bits per heavy atom. The van der Waals surface area contributed by atoms with Crippen LogP contribution in [-0.2, 0) is 38.0 Å². The quantitative estimate of drug-likeness (QED) is 0.0465. The first-order valence-corrected chi connectivity index (χ1v) is 19.7. The lowest BCUT2D eigenvalue weighted by Gasteiger charge is -2.44. The Hall–Kier alpha value is -4.63. The molecule has 4 aliphatic rings. The van der Waals surface area contributed by atoms with Gasteiger partial charge in [0, 0.05) is 10.8 Å². The number of benzene rings is 2. The van der Waals surface area contributed by atoms with Gasteiger partial charge < -0.3 is 117 Å². The molecule has 4 saturated heterocycles. The van der Waals surface area contributed by atoms with E-state index in [0.29, 0.717) is 0 Å². The van der Waals surface area contributed by atoms with Crippen molar-refractivity contribution in [2.75, 3.05) is 34.0 Å². The third-order valence-electron chi connectivity index (χ3n) is 11.5. The Morgan fingerprint density at radius 2 is 1.12 bits per heavy atom. The van der Waals surface area contributed by atoms with Crippen LogP contribution in [0.3, 0.4) is 0 Å². The number of methoxy groups -OCH3 is 2. The van der Waals surface area contributed by atoms with Gasteiger partial charge in [-0.1, -0.05) is 0 Å². The van der Waals surface area contributed by atoms with Gasteiger partial charge in [-0.25, -0.2) is 14.4 Å². The first-order chi connectivity index (χ1) is 30.9. The molecule has 0 radical (unpaired) electrons. The predicted octanol–water partition coefficient (Wildman–Crippen LogP) is -5.76. The van der Waals surface area contributed by atoms with Crippen LogP contribution in [0.4, 0.5) is 0 Å². The van der Waals surface area contributed by atoms with Crippen molar-refractivity contribution in [3.8, 4) is 23.0 Å². The maximum Gasteiger partial charge on any atom is 0.344 e. The highest BCUT2D eigenvalue weighted by Crippen LogP contribution is 2.46. The first-order valence-electron chi connectivity index (χ1n) is 19.7. The molecule has 358 valence electrons. The van der Waals surface area contributed by atoms with Crippen LogP contribution in [0.1, 0.15) is 0 Å². The van der Waals surface area contributed by atoms with E-state index in [-0.39, 0.29) is 50.0 Å². The van der Waals surface area contributed by atoms with Crippen molar-refractivity contribution in [3.05, 3.63) is 33.0 Å². The molecule has 6 heterocycles. The normalized spacial score (nSPS) is 38.0. The molecule has 0 bridgehead atoms. The van der Waals surface area contributed by atoms with Crippen LogP contribution < -0.4 is 25.5 Å². The highest BCUT2D eigenvalue weighted by Gasteiger charge is 2.52. The van der Waals surface area contributed by atoms with E-state index in [1.54, 1.807) is 0 Å². The summed E-state index contributed by atoms with van der Waals surface area (Å²) < 4.78 is 65.8. The Balaban J connectivity index is 0.909. The number of aromatic hydroxyl groups is 1. The summed E-state index contributed by atoms with van der Waals surface area (Å²) in [5.41, 5.74) is -2.57. The summed E-state index contributed by atoms with van der Waals surface area (Å²) in [6.07, 6.45) is -32.9. The summed E-state index contributed by atoms with van der Waals surface area (Å²) >= 11 is 0. The zero-order chi connectivity index (χ0) is 46.9. The number of hydrogen-bond donors (Lipinski definition) is 12. The van der Waals surface area contributed by atoms with E-state index in [0.717, 1.165) is 12.1 Å². The molecular formula is C38H44O27. The van der Waals surface area contributed by atoms with Crippen molar-refractivity contribution in [1.29, 1.82) is 0 Å². The number of phenols is 1. The largest absolute Gasteiger partial charge is 0.504 e. The van der Waals surface area contributed by atoms with Gasteiger partial charge in [-0.15, -0.1) is 0 Å². The number of carboxylic acid groups (broad SMARTS) is 1. The van der Waals surface area contributed by atoms with Crippen molar-refractivity contribution in [2.45, 2.75) is 111 Å². The summed E-state index contributed by atoms with van der Waals surface area (Å²) in [7, 11) is 2.37. The van der Waals surface area contributed by atoms with Crippen LogP contribution in [0.25, 0.3) is 32.7 Å². The number of carboxylic acids is 1. The molecular weight excluding hydrogens is 888 g/mol.